The second-order valence-electron chi connectivity index (χ2n) is 16.2. The molecule has 0 heterocycles. The van der Waals surface area contributed by atoms with E-state index >= 15 is 14.4 Å². The molecule has 5 fully saturated rings. The largest absolute Gasteiger partial charge is 0.390 e. The molecule has 1 aromatic carbocycles. The summed E-state index contributed by atoms with van der Waals surface area (Å²) in [5.41, 5.74) is -4.92. The Labute approximate surface area is 257 Å². The van der Waals surface area contributed by atoms with E-state index in [1.807, 2.05) is 32.9 Å². The van der Waals surface area contributed by atoms with Crippen molar-refractivity contribution < 1.29 is 24.3 Å². The maximum absolute atomic E-state index is 15.5. The minimum Gasteiger partial charge on any atom is -0.390 e. The molecule has 1 spiro atoms. The van der Waals surface area contributed by atoms with Crippen LogP contribution in [0, 0.1) is 44.8 Å². The summed E-state index contributed by atoms with van der Waals surface area (Å²) >= 11 is 0. The predicted molar refractivity (Wildman–Crippen MR) is 168 cm³/mol. The third-order valence-electron chi connectivity index (χ3n) is 12.5. The zero-order valence-corrected chi connectivity index (χ0v) is 27.6. The Kier molecular flexibility index (Phi) is 7.33. The second-order valence-corrected chi connectivity index (χ2v) is 16.2. The summed E-state index contributed by atoms with van der Waals surface area (Å²) in [6, 6.07) is 8.69. The van der Waals surface area contributed by atoms with Crippen molar-refractivity contribution in [3.8, 4) is 0 Å². The van der Waals surface area contributed by atoms with Crippen LogP contribution in [-0.4, -0.2) is 33.8 Å². The Morgan fingerprint density at radius 2 is 1.56 bits per heavy atom. The Bertz CT molecular complexity index is 1430. The Morgan fingerprint density at radius 1 is 0.930 bits per heavy atom. The molecule has 5 nitrogen and oxygen atoms in total. The highest BCUT2D eigenvalue weighted by Crippen LogP contribution is 2.77. The monoisotopic (exact) mass is 586 g/mol. The molecule has 0 aromatic heterocycles. The number of carbonyl (C=O) groups excluding carboxylic acids is 4. The van der Waals surface area contributed by atoms with Gasteiger partial charge in [-0.3, -0.25) is 19.2 Å². The van der Waals surface area contributed by atoms with E-state index in [4.69, 9.17) is 0 Å². The molecule has 0 aliphatic heterocycles. The molecule has 43 heavy (non-hydrogen) atoms. The first-order valence-electron chi connectivity index (χ1n) is 16.1. The first kappa shape index (κ1) is 31.8. The van der Waals surface area contributed by atoms with Gasteiger partial charge in [0.1, 0.15) is 0 Å². The average Bonchev–Trinajstić information content (AvgIpc) is 3.07. The van der Waals surface area contributed by atoms with Crippen LogP contribution in [0.4, 0.5) is 0 Å². The van der Waals surface area contributed by atoms with Crippen molar-refractivity contribution in [3.63, 3.8) is 0 Å². The lowest BCUT2D eigenvalue weighted by Gasteiger charge is -2.60. The van der Waals surface area contributed by atoms with E-state index in [2.05, 4.69) is 33.8 Å². The van der Waals surface area contributed by atoms with Gasteiger partial charge in [0.05, 0.1) is 16.4 Å². The van der Waals surface area contributed by atoms with Crippen LogP contribution >= 0.6 is 0 Å². The van der Waals surface area contributed by atoms with E-state index in [0.29, 0.717) is 18.4 Å². The molecule has 5 heteroatoms. The molecule has 4 bridgehead atoms. The van der Waals surface area contributed by atoms with Crippen molar-refractivity contribution in [2.24, 2.45) is 44.8 Å². The fraction of sp³-hybridized carbons (Fsp3) is 0.632. The highest BCUT2D eigenvalue weighted by molar-refractivity contribution is 6.42. The van der Waals surface area contributed by atoms with Gasteiger partial charge in [-0.25, -0.2) is 0 Å². The van der Waals surface area contributed by atoms with Crippen molar-refractivity contribution in [1.29, 1.82) is 0 Å². The maximum atomic E-state index is 15.5. The topological polar surface area (TPSA) is 88.5 Å². The van der Waals surface area contributed by atoms with Gasteiger partial charge in [-0.2, -0.15) is 0 Å². The predicted octanol–water partition coefficient (Wildman–Crippen LogP) is 7.52. The van der Waals surface area contributed by atoms with E-state index in [-0.39, 0.29) is 36.4 Å². The number of hydrogen-bond acceptors (Lipinski definition) is 5. The van der Waals surface area contributed by atoms with E-state index in [0.717, 1.165) is 18.4 Å². The van der Waals surface area contributed by atoms with Crippen molar-refractivity contribution in [1.82, 2.24) is 0 Å². The summed E-state index contributed by atoms with van der Waals surface area (Å²) in [6.45, 7) is 17.7. The molecule has 0 saturated heterocycles. The third-order valence-corrected chi connectivity index (χ3v) is 12.5. The highest BCUT2D eigenvalue weighted by Gasteiger charge is 2.86. The normalized spacial score (nSPS) is 36.0. The molecule has 5 aliphatic carbocycles. The molecular formula is C38H50O5. The van der Waals surface area contributed by atoms with Crippen LogP contribution in [0.1, 0.15) is 111 Å². The Morgan fingerprint density at radius 3 is 2.14 bits per heavy atom. The lowest BCUT2D eigenvalue weighted by molar-refractivity contribution is -0.181. The molecule has 5 saturated carbocycles. The van der Waals surface area contributed by atoms with Gasteiger partial charge in [0.2, 0.25) is 0 Å². The number of carbonyl (C=O) groups is 4. The van der Waals surface area contributed by atoms with Gasteiger partial charge >= 0.3 is 0 Å². The summed E-state index contributed by atoms with van der Waals surface area (Å²) in [5.74, 6) is -2.67. The van der Waals surface area contributed by atoms with Crippen LogP contribution in [0.3, 0.4) is 0 Å². The summed E-state index contributed by atoms with van der Waals surface area (Å²) in [4.78, 5) is 60.8. The molecule has 6 rings (SSSR count). The quantitative estimate of drug-likeness (QED) is 0.193. The summed E-state index contributed by atoms with van der Waals surface area (Å²) in [6.07, 6.45) is 7.19. The van der Waals surface area contributed by atoms with E-state index in [1.54, 1.807) is 38.1 Å². The average molecular weight is 587 g/mol. The minimum atomic E-state index is -1.96. The third kappa shape index (κ3) is 4.05. The van der Waals surface area contributed by atoms with Crippen LogP contribution in [0.5, 0.6) is 0 Å². The molecular weight excluding hydrogens is 536 g/mol. The van der Waals surface area contributed by atoms with E-state index in [1.165, 1.54) is 5.57 Å². The standard InChI is InChI=1S/C38H50O5/c1-23(2)14-13-15-24(3)18-19-36-21-26-20-27-33(4,5)28(35(8,9)43)22-37(27,30(36)40)32(42)38(31(36)41,34(26,6)7)29(39)25-16-11-10-12-17-25/h10-12,14,16-18,26-28,43H,13,15,19-22H2,1-9H3/t26-,27+,28-,36-,37+,38-/m0/s1. The van der Waals surface area contributed by atoms with Gasteiger partial charge in [-0.05, 0) is 102 Å². The van der Waals surface area contributed by atoms with Gasteiger partial charge in [0, 0.05) is 5.56 Å². The van der Waals surface area contributed by atoms with Crippen molar-refractivity contribution in [2.75, 3.05) is 0 Å². The van der Waals surface area contributed by atoms with Crippen LogP contribution < -0.4 is 0 Å². The zero-order chi connectivity index (χ0) is 32.0. The number of allylic oxidation sites excluding steroid dienone is 4. The molecule has 1 N–H and O–H groups in total. The first-order chi connectivity index (χ1) is 19.8. The molecule has 6 atom stereocenters. The van der Waals surface area contributed by atoms with Crippen molar-refractivity contribution >= 4 is 23.1 Å². The van der Waals surface area contributed by atoms with E-state index in [9.17, 15) is 9.90 Å². The summed E-state index contributed by atoms with van der Waals surface area (Å²) in [5, 5.41) is 11.4. The number of hydrogen-bond donors (Lipinski definition) is 1. The van der Waals surface area contributed by atoms with Gasteiger partial charge in [0.15, 0.2) is 28.5 Å². The van der Waals surface area contributed by atoms with Crippen LogP contribution in [-0.2, 0) is 14.4 Å². The van der Waals surface area contributed by atoms with Crippen LogP contribution in [0.15, 0.2) is 53.6 Å². The van der Waals surface area contributed by atoms with Crippen molar-refractivity contribution in [3.05, 3.63) is 59.2 Å². The first-order valence-corrected chi connectivity index (χ1v) is 16.1. The summed E-state index contributed by atoms with van der Waals surface area (Å²) in [7, 11) is 0. The zero-order valence-electron chi connectivity index (χ0n) is 27.6. The fourth-order valence-electron chi connectivity index (χ4n) is 10.2. The molecule has 0 amide bonds. The van der Waals surface area contributed by atoms with Gasteiger partial charge in [-0.1, -0.05) is 81.3 Å². The highest BCUT2D eigenvalue weighted by atomic mass is 16.3. The van der Waals surface area contributed by atoms with Gasteiger partial charge < -0.3 is 5.11 Å². The number of rotatable bonds is 8. The maximum Gasteiger partial charge on any atom is 0.184 e. The van der Waals surface area contributed by atoms with Crippen LogP contribution in [0.25, 0.3) is 0 Å². The molecule has 0 radical (unpaired) electrons. The van der Waals surface area contributed by atoms with Crippen molar-refractivity contribution in [2.45, 2.75) is 106 Å². The number of benzene rings is 1. The number of Topliss-reactive ketones (excluding diaryl/α,β-unsaturated/α-hetero) is 4. The molecule has 5 aliphatic rings. The lowest BCUT2D eigenvalue weighted by atomic mass is 9.37. The SMILES string of the molecule is CC(C)=CCCC(C)=CC[C@]12C[C@@H]3C[C@@H]4C(C)(C)[C@@H](C(C)(C)O)C[C@@]4(C1=O)C(=O)[C@](C(=O)c1ccccc1)(C2=O)C3(C)C. The molecule has 0 unspecified atom stereocenters. The van der Waals surface area contributed by atoms with Gasteiger partial charge in [0.25, 0.3) is 0 Å². The van der Waals surface area contributed by atoms with E-state index < -0.39 is 50.0 Å². The second kappa shape index (κ2) is 9.92. The molecule has 1 aromatic rings. The lowest BCUT2D eigenvalue weighted by Crippen LogP contribution is -2.75. The Balaban J connectivity index is 1.78. The number of ketones is 4. The molecule has 232 valence electrons. The smallest absolute Gasteiger partial charge is 0.184 e. The number of aliphatic hydroxyl groups is 1. The fourth-order valence-corrected chi connectivity index (χ4v) is 10.2. The van der Waals surface area contributed by atoms with Gasteiger partial charge in [-0.15, -0.1) is 0 Å². The Hall–Kier alpha value is -2.66. The minimum absolute atomic E-state index is 0.163. The van der Waals surface area contributed by atoms with Crippen LogP contribution in [0.2, 0.25) is 0 Å². The summed E-state index contributed by atoms with van der Waals surface area (Å²) < 4.78 is 0.